The molecule has 0 heterocycles. The van der Waals surface area contributed by atoms with Crippen LogP contribution in [0.1, 0.15) is 31.9 Å². The van der Waals surface area contributed by atoms with Crippen LogP contribution in [0.25, 0.3) is 10.8 Å². The molecule has 0 aliphatic rings. The third kappa shape index (κ3) is 4.22. The summed E-state index contributed by atoms with van der Waals surface area (Å²) in [7, 11) is -2.69. The summed E-state index contributed by atoms with van der Waals surface area (Å²) in [5.74, 6) is 0. The molecule has 0 aliphatic heterocycles. The van der Waals surface area contributed by atoms with Crippen molar-refractivity contribution in [2.45, 2.75) is 33.2 Å². The molecule has 0 aliphatic carbocycles. The van der Waals surface area contributed by atoms with Gasteiger partial charge in [-0.25, -0.2) is 0 Å². The molecule has 2 rings (SSSR count). The fourth-order valence-corrected chi connectivity index (χ4v) is 5.52. The minimum atomic E-state index is -2.69. The molecule has 24 heavy (non-hydrogen) atoms. The van der Waals surface area contributed by atoms with E-state index >= 15 is 0 Å². The van der Waals surface area contributed by atoms with Gasteiger partial charge in [-0.15, -0.1) is 0 Å². The van der Waals surface area contributed by atoms with Crippen LogP contribution in [0.2, 0.25) is 6.04 Å². The Morgan fingerprint density at radius 2 is 1.54 bits per heavy atom. The van der Waals surface area contributed by atoms with Gasteiger partial charge in [-0.3, -0.25) is 0 Å². The molecule has 0 spiro atoms. The zero-order valence-corrected chi connectivity index (χ0v) is 15.7. The maximum absolute atomic E-state index is 9.62. The first-order valence-corrected chi connectivity index (χ1v) is 10.5. The van der Waals surface area contributed by atoms with Crippen molar-refractivity contribution in [2.75, 3.05) is 19.8 Å². The highest BCUT2D eigenvalue weighted by Crippen LogP contribution is 2.26. The second-order valence-corrected chi connectivity index (χ2v) is 8.15. The lowest BCUT2D eigenvalue weighted by atomic mass is 9.98. The van der Waals surface area contributed by atoms with E-state index in [1.54, 1.807) is 0 Å². The Kier molecular flexibility index (Phi) is 6.94. The van der Waals surface area contributed by atoms with Gasteiger partial charge < -0.3 is 13.3 Å². The third-order valence-electron chi connectivity index (χ3n) is 3.92. The lowest BCUT2D eigenvalue weighted by molar-refractivity contribution is 0.0714. The molecule has 0 atom stereocenters. The van der Waals surface area contributed by atoms with Gasteiger partial charge in [0.25, 0.3) is 0 Å². The number of aryl methyl sites for hydroxylation is 1. The van der Waals surface area contributed by atoms with Crippen molar-refractivity contribution >= 4 is 19.6 Å². The smallest absolute Gasteiger partial charge is 0.374 e. The molecule has 128 valence electrons. The summed E-state index contributed by atoms with van der Waals surface area (Å²) >= 11 is 0. The molecule has 0 saturated heterocycles. The molecule has 5 heteroatoms. The van der Waals surface area contributed by atoms with Crippen molar-refractivity contribution in [3.63, 3.8) is 0 Å². The number of nitrogens with zero attached hydrogens (tertiary/aromatic N) is 1. The van der Waals surface area contributed by atoms with E-state index in [1.807, 2.05) is 51.1 Å². The Hall–Kier alpha value is -1.71. The first kappa shape index (κ1) is 18.6. The van der Waals surface area contributed by atoms with Crippen LogP contribution in [0.15, 0.2) is 36.4 Å². The molecule has 2 aromatic carbocycles. The van der Waals surface area contributed by atoms with Crippen molar-refractivity contribution in [1.29, 1.82) is 5.26 Å². The summed E-state index contributed by atoms with van der Waals surface area (Å²) in [4.78, 5) is 0. The lowest BCUT2D eigenvalue weighted by Gasteiger charge is -2.28. The minimum absolute atomic E-state index is 0.565. The molecule has 0 bridgehead atoms. The Bertz CT molecular complexity index is 694. The van der Waals surface area contributed by atoms with Gasteiger partial charge in [0, 0.05) is 25.9 Å². The molecule has 0 saturated carbocycles. The summed E-state index contributed by atoms with van der Waals surface area (Å²) in [5.41, 5.74) is 1.76. The Morgan fingerprint density at radius 1 is 0.917 bits per heavy atom. The van der Waals surface area contributed by atoms with E-state index in [9.17, 15) is 5.26 Å². The highest BCUT2D eigenvalue weighted by molar-refractivity contribution is 6.60. The monoisotopic (exact) mass is 343 g/mol. The van der Waals surface area contributed by atoms with E-state index in [0.29, 0.717) is 32.3 Å². The largest absolute Gasteiger partial charge is 0.501 e. The highest BCUT2D eigenvalue weighted by Gasteiger charge is 2.40. The molecular formula is C19H25NO3Si. The van der Waals surface area contributed by atoms with Gasteiger partial charge in [0.05, 0.1) is 5.56 Å². The Labute approximate surface area is 145 Å². The van der Waals surface area contributed by atoms with E-state index < -0.39 is 8.80 Å². The second-order valence-electron chi connectivity index (χ2n) is 5.41. The second kappa shape index (κ2) is 8.95. The van der Waals surface area contributed by atoms with Crippen LogP contribution in [0, 0.1) is 11.3 Å². The van der Waals surface area contributed by atoms with Crippen molar-refractivity contribution in [1.82, 2.24) is 0 Å². The van der Waals surface area contributed by atoms with Crippen LogP contribution >= 0.6 is 0 Å². The van der Waals surface area contributed by atoms with E-state index in [1.165, 1.54) is 0 Å². The molecule has 0 N–H and O–H groups in total. The fraction of sp³-hybridized carbons (Fsp3) is 0.421. The average Bonchev–Trinajstić information content (AvgIpc) is 2.60. The predicted octanol–water partition coefficient (Wildman–Crippen LogP) is 4.30. The summed E-state index contributed by atoms with van der Waals surface area (Å²) < 4.78 is 17.7. The number of fused-ring (bicyclic) bond motifs is 1. The maximum Gasteiger partial charge on any atom is 0.501 e. The zero-order valence-electron chi connectivity index (χ0n) is 14.7. The number of benzene rings is 2. The van der Waals surface area contributed by atoms with Gasteiger partial charge >= 0.3 is 8.80 Å². The molecule has 0 aromatic heterocycles. The van der Waals surface area contributed by atoms with Gasteiger partial charge in [0.15, 0.2) is 0 Å². The number of hydrogen-bond donors (Lipinski definition) is 0. The summed E-state index contributed by atoms with van der Waals surface area (Å²) in [5, 5.41) is 11.7. The molecule has 4 nitrogen and oxygen atoms in total. The number of rotatable bonds is 9. The van der Waals surface area contributed by atoms with Gasteiger partial charge in [-0.05, 0) is 43.5 Å². The zero-order chi connectivity index (χ0) is 17.4. The number of hydrogen-bond acceptors (Lipinski definition) is 4. The lowest BCUT2D eigenvalue weighted by Crippen LogP contribution is -2.46. The van der Waals surface area contributed by atoms with E-state index in [4.69, 9.17) is 13.3 Å². The van der Waals surface area contributed by atoms with Crippen LogP contribution < -0.4 is 0 Å². The summed E-state index contributed by atoms with van der Waals surface area (Å²) in [6.07, 6.45) is 0.708. The molecule has 0 amide bonds. The SMILES string of the molecule is CCO[Si](CCc1ccc2ccccc2c1C#N)(OCC)OCC. The third-order valence-corrected chi connectivity index (χ3v) is 6.97. The Morgan fingerprint density at radius 3 is 2.12 bits per heavy atom. The normalized spacial score (nSPS) is 11.6. The van der Waals surface area contributed by atoms with Gasteiger partial charge in [-0.2, -0.15) is 5.26 Å². The van der Waals surface area contributed by atoms with Gasteiger partial charge in [0.2, 0.25) is 0 Å². The molecule has 2 aromatic rings. The average molecular weight is 343 g/mol. The van der Waals surface area contributed by atoms with Crippen molar-refractivity contribution < 1.29 is 13.3 Å². The first-order valence-electron chi connectivity index (χ1n) is 8.52. The summed E-state index contributed by atoms with van der Waals surface area (Å²) in [6.45, 7) is 7.56. The molecule has 0 fully saturated rings. The van der Waals surface area contributed by atoms with Crippen LogP contribution in [-0.4, -0.2) is 28.6 Å². The van der Waals surface area contributed by atoms with Crippen molar-refractivity contribution in [2.24, 2.45) is 0 Å². The summed E-state index contributed by atoms with van der Waals surface area (Å²) in [6, 6.07) is 15.1. The van der Waals surface area contributed by atoms with Crippen LogP contribution in [0.3, 0.4) is 0 Å². The van der Waals surface area contributed by atoms with E-state index in [2.05, 4.69) is 12.1 Å². The molecule has 0 radical (unpaired) electrons. The van der Waals surface area contributed by atoms with Crippen LogP contribution in [-0.2, 0) is 19.7 Å². The standard InChI is InChI=1S/C19H25NO3Si/c1-4-21-24(22-5-2,23-6-3)14-13-17-12-11-16-9-7-8-10-18(16)19(17)15-20/h7-12H,4-6,13-14H2,1-3H3. The van der Waals surface area contributed by atoms with Gasteiger partial charge in [0.1, 0.15) is 6.07 Å². The van der Waals surface area contributed by atoms with Crippen molar-refractivity contribution in [3.05, 3.63) is 47.5 Å². The van der Waals surface area contributed by atoms with Crippen molar-refractivity contribution in [3.8, 4) is 6.07 Å². The van der Waals surface area contributed by atoms with Crippen LogP contribution in [0.4, 0.5) is 0 Å². The predicted molar refractivity (Wildman–Crippen MR) is 97.8 cm³/mol. The fourth-order valence-electron chi connectivity index (χ4n) is 2.95. The highest BCUT2D eigenvalue weighted by atomic mass is 28.4. The maximum atomic E-state index is 9.62. The topological polar surface area (TPSA) is 51.5 Å². The van der Waals surface area contributed by atoms with Gasteiger partial charge in [-0.1, -0.05) is 36.4 Å². The quantitative estimate of drug-likeness (QED) is 0.637. The van der Waals surface area contributed by atoms with Crippen LogP contribution in [0.5, 0.6) is 0 Å². The molecule has 0 unspecified atom stereocenters. The molecular weight excluding hydrogens is 318 g/mol. The number of nitriles is 1. The van der Waals surface area contributed by atoms with E-state index in [-0.39, 0.29) is 0 Å². The Balaban J connectivity index is 2.29. The minimum Gasteiger partial charge on any atom is -0.374 e. The van der Waals surface area contributed by atoms with E-state index in [0.717, 1.165) is 21.9 Å². The first-order chi connectivity index (χ1) is 11.7.